The summed E-state index contributed by atoms with van der Waals surface area (Å²) in [6, 6.07) is 26.2. The average Bonchev–Trinajstić information content (AvgIpc) is 3.25. The molecule has 0 N–H and O–H groups in total. The van der Waals surface area contributed by atoms with Crippen LogP contribution in [0.2, 0.25) is 0 Å². The van der Waals surface area contributed by atoms with Gasteiger partial charge in [-0.15, -0.1) is 34.4 Å². The first-order valence-electron chi connectivity index (χ1n) is 10.1. The van der Waals surface area contributed by atoms with E-state index in [1.807, 2.05) is 56.3 Å². The molecule has 0 spiro atoms. The summed E-state index contributed by atoms with van der Waals surface area (Å²) < 4.78 is 27.4. The van der Waals surface area contributed by atoms with E-state index in [9.17, 15) is 8.42 Å². The van der Waals surface area contributed by atoms with Crippen LogP contribution in [-0.2, 0) is 15.4 Å². The minimum Gasteiger partial charge on any atom is -0.199 e. The number of hydrogen-bond acceptors (Lipinski definition) is 5. The van der Waals surface area contributed by atoms with Gasteiger partial charge in [0, 0.05) is 0 Å². The number of thiol groups is 2. The summed E-state index contributed by atoms with van der Waals surface area (Å²) in [5.41, 5.74) is 2.44. The Kier molecular flexibility index (Phi) is 6.47. The van der Waals surface area contributed by atoms with Gasteiger partial charge in [0.25, 0.3) is 16.0 Å². The van der Waals surface area contributed by atoms with Crippen LogP contribution in [0.3, 0.4) is 0 Å². The van der Waals surface area contributed by atoms with Crippen molar-refractivity contribution in [2.24, 2.45) is 4.99 Å². The molecule has 0 fully saturated rings. The predicted octanol–water partition coefficient (Wildman–Crippen LogP) is 5.36. The molecule has 3 aromatic carbocycles. The Hall–Kier alpha value is -2.88. The molecule has 0 amide bonds. The molecule has 9 heteroatoms. The van der Waals surface area contributed by atoms with Gasteiger partial charge in [0.15, 0.2) is 5.82 Å². The number of nitrogens with zero attached hydrogens (tertiary/aromatic N) is 4. The molecular weight excluding hydrogens is 472 g/mol. The molecule has 0 atom stereocenters. The highest BCUT2D eigenvalue weighted by Crippen LogP contribution is 2.33. The fourth-order valence-corrected chi connectivity index (χ4v) is 4.77. The van der Waals surface area contributed by atoms with E-state index >= 15 is 0 Å². The topological polar surface area (TPSA) is 77.2 Å². The second-order valence-electron chi connectivity index (χ2n) is 7.88. The van der Waals surface area contributed by atoms with Gasteiger partial charge in [-0.25, -0.2) is 0 Å². The molecule has 6 nitrogen and oxygen atoms in total. The van der Waals surface area contributed by atoms with Crippen LogP contribution in [0.15, 0.2) is 94.8 Å². The highest BCUT2D eigenvalue weighted by atomic mass is 32.2. The molecule has 0 radical (unpaired) electrons. The van der Waals surface area contributed by atoms with Crippen LogP contribution in [0.5, 0.6) is 0 Å². The van der Waals surface area contributed by atoms with Crippen LogP contribution in [0.25, 0.3) is 11.1 Å². The molecule has 1 heterocycles. The molecule has 0 aliphatic heterocycles. The molecule has 33 heavy (non-hydrogen) atoms. The second-order valence-corrected chi connectivity index (χ2v) is 10.8. The quantitative estimate of drug-likeness (QED) is 0.215. The van der Waals surface area contributed by atoms with Gasteiger partial charge in [-0.2, -0.15) is 18.4 Å². The third kappa shape index (κ3) is 4.75. The molecule has 4 rings (SSSR count). The van der Waals surface area contributed by atoms with E-state index in [2.05, 4.69) is 52.5 Å². The van der Waals surface area contributed by atoms with Crippen molar-refractivity contribution in [1.29, 1.82) is 0 Å². The van der Waals surface area contributed by atoms with Crippen molar-refractivity contribution in [1.82, 2.24) is 14.2 Å². The number of aromatic nitrogens is 3. The van der Waals surface area contributed by atoms with Crippen molar-refractivity contribution < 1.29 is 8.42 Å². The fraction of sp³-hybridized carbons (Fsp3) is 0.125. The monoisotopic (exact) mass is 494 g/mol. The van der Waals surface area contributed by atoms with Crippen LogP contribution in [0, 0.1) is 0 Å². The molecular formula is C24H22N4O2S3. The first kappa shape index (κ1) is 23.3. The predicted molar refractivity (Wildman–Crippen MR) is 138 cm³/mol. The summed E-state index contributed by atoms with van der Waals surface area (Å²) in [6.07, 6.45) is 0. The third-order valence-corrected chi connectivity index (χ3v) is 7.07. The molecule has 168 valence electrons. The largest absolute Gasteiger partial charge is 0.286 e. The van der Waals surface area contributed by atoms with Gasteiger partial charge in [0.2, 0.25) is 0 Å². The SMILES string of the molecule is CC(C)(c1ccc(-c2ccccc2)cc1)c1nc(N=C(S)S)n(S(=O)(=O)c2ccccc2)n1. The maximum atomic E-state index is 13.3. The maximum Gasteiger partial charge on any atom is 0.286 e. The Morgan fingerprint density at radius 3 is 1.97 bits per heavy atom. The second kappa shape index (κ2) is 9.17. The van der Waals surface area contributed by atoms with Crippen LogP contribution in [0.4, 0.5) is 5.95 Å². The lowest BCUT2D eigenvalue weighted by atomic mass is 9.83. The molecule has 0 saturated heterocycles. The summed E-state index contributed by atoms with van der Waals surface area (Å²) in [7, 11) is -4.01. The Morgan fingerprint density at radius 1 is 0.848 bits per heavy atom. The van der Waals surface area contributed by atoms with Crippen LogP contribution in [0.1, 0.15) is 25.2 Å². The van der Waals surface area contributed by atoms with Gasteiger partial charge in [0.1, 0.15) is 4.38 Å². The zero-order chi connectivity index (χ0) is 23.6. The third-order valence-electron chi connectivity index (χ3n) is 5.30. The lowest BCUT2D eigenvalue weighted by molar-refractivity contribution is 0.568. The Balaban J connectivity index is 1.78. The zero-order valence-corrected chi connectivity index (χ0v) is 20.6. The van der Waals surface area contributed by atoms with Gasteiger partial charge in [0.05, 0.1) is 10.3 Å². The summed E-state index contributed by atoms with van der Waals surface area (Å²) in [5.74, 6) is 0.207. The van der Waals surface area contributed by atoms with E-state index in [-0.39, 0.29) is 15.2 Å². The molecule has 0 bridgehead atoms. The van der Waals surface area contributed by atoms with E-state index < -0.39 is 15.4 Å². The summed E-state index contributed by atoms with van der Waals surface area (Å²) in [4.78, 5) is 8.63. The lowest BCUT2D eigenvalue weighted by Gasteiger charge is -2.22. The smallest absolute Gasteiger partial charge is 0.199 e. The Labute approximate surface area is 204 Å². The van der Waals surface area contributed by atoms with Crippen molar-refractivity contribution in [2.45, 2.75) is 24.2 Å². The summed E-state index contributed by atoms with van der Waals surface area (Å²) in [5, 5.41) is 4.38. The molecule has 1 aromatic heterocycles. The Bertz CT molecular complexity index is 1390. The maximum absolute atomic E-state index is 13.3. The summed E-state index contributed by atoms with van der Waals surface area (Å²) in [6.45, 7) is 3.88. The molecule has 4 aromatic rings. The van der Waals surface area contributed by atoms with E-state index in [0.717, 1.165) is 20.8 Å². The summed E-state index contributed by atoms with van der Waals surface area (Å²) >= 11 is 8.15. The van der Waals surface area contributed by atoms with Gasteiger partial charge in [-0.3, -0.25) is 0 Å². The first-order chi connectivity index (χ1) is 15.7. The van der Waals surface area contributed by atoms with Gasteiger partial charge in [-0.1, -0.05) is 72.8 Å². The fourth-order valence-electron chi connectivity index (χ4n) is 3.41. The van der Waals surface area contributed by atoms with Crippen LogP contribution in [-0.4, -0.2) is 27.0 Å². The molecule has 0 unspecified atom stereocenters. The average molecular weight is 495 g/mol. The standard InChI is InChI=1S/C24H22N4O2S3/c1-24(2,19-15-13-18(14-16-19)17-9-5-3-6-10-17)21-25-22(26-23(31)32)28(27-21)33(29,30)20-11-7-4-8-12-20/h3-16H,1-2H3,(H2,25,26,27,31,32). The minimum absolute atomic E-state index is 0.0727. The first-order valence-corrected chi connectivity index (χ1v) is 12.4. The van der Waals surface area contributed by atoms with Crippen LogP contribution >= 0.6 is 25.3 Å². The number of rotatable bonds is 6. The minimum atomic E-state index is -4.01. The van der Waals surface area contributed by atoms with Gasteiger partial charge >= 0.3 is 0 Å². The number of benzene rings is 3. The highest BCUT2D eigenvalue weighted by Gasteiger charge is 2.32. The Morgan fingerprint density at radius 2 is 1.39 bits per heavy atom. The van der Waals surface area contributed by atoms with Crippen molar-refractivity contribution in [3.8, 4) is 11.1 Å². The van der Waals surface area contributed by atoms with E-state index in [0.29, 0.717) is 5.82 Å². The van der Waals surface area contributed by atoms with Crippen LogP contribution < -0.4 is 0 Å². The normalized spacial score (nSPS) is 11.9. The molecule has 0 aliphatic carbocycles. The van der Waals surface area contributed by atoms with E-state index in [1.54, 1.807) is 18.2 Å². The van der Waals surface area contributed by atoms with Gasteiger partial charge in [-0.05, 0) is 42.7 Å². The zero-order valence-electron chi connectivity index (χ0n) is 18.0. The molecule has 0 saturated carbocycles. The highest BCUT2D eigenvalue weighted by molar-refractivity contribution is 8.23. The van der Waals surface area contributed by atoms with Crippen molar-refractivity contribution >= 4 is 45.6 Å². The van der Waals surface area contributed by atoms with E-state index in [1.165, 1.54) is 12.1 Å². The van der Waals surface area contributed by atoms with Gasteiger partial charge < -0.3 is 0 Å². The van der Waals surface area contributed by atoms with Crippen molar-refractivity contribution in [3.05, 3.63) is 96.3 Å². The number of aliphatic imine (C=N–C) groups is 1. The van der Waals surface area contributed by atoms with Crippen molar-refractivity contribution in [2.75, 3.05) is 0 Å². The van der Waals surface area contributed by atoms with Crippen molar-refractivity contribution in [3.63, 3.8) is 0 Å². The molecule has 0 aliphatic rings. The lowest BCUT2D eigenvalue weighted by Crippen LogP contribution is -2.22. The number of hydrogen-bond donors (Lipinski definition) is 2. The van der Waals surface area contributed by atoms with E-state index in [4.69, 9.17) is 0 Å².